The summed E-state index contributed by atoms with van der Waals surface area (Å²) < 4.78 is 15.3. The number of carbonyl (C=O) groups is 1. The maximum Gasteiger partial charge on any atom is 0.280 e. The van der Waals surface area contributed by atoms with Crippen molar-refractivity contribution in [2.75, 3.05) is 26.6 Å². The van der Waals surface area contributed by atoms with Gasteiger partial charge in [0.05, 0.1) is 27.0 Å². The number of ether oxygens (including phenoxy) is 3. The van der Waals surface area contributed by atoms with Gasteiger partial charge < -0.3 is 19.5 Å². The molecule has 1 amide bonds. The van der Waals surface area contributed by atoms with E-state index in [0.717, 1.165) is 0 Å². The summed E-state index contributed by atoms with van der Waals surface area (Å²) in [5.41, 5.74) is 0.472. The van der Waals surface area contributed by atoms with Crippen molar-refractivity contribution < 1.29 is 19.0 Å². The van der Waals surface area contributed by atoms with E-state index in [0.29, 0.717) is 22.9 Å². The first-order valence-corrected chi connectivity index (χ1v) is 4.87. The van der Waals surface area contributed by atoms with E-state index in [4.69, 9.17) is 14.2 Å². The number of nitrogens with one attached hydrogen (secondary N) is 1. The Morgan fingerprint density at radius 2 is 1.56 bits per heavy atom. The second kappa shape index (κ2) is 5.50. The van der Waals surface area contributed by atoms with E-state index < -0.39 is 5.24 Å². The third kappa shape index (κ3) is 2.73. The van der Waals surface area contributed by atoms with E-state index in [9.17, 15) is 4.79 Å². The van der Waals surface area contributed by atoms with Crippen LogP contribution in [0.15, 0.2) is 12.1 Å². The highest BCUT2D eigenvalue weighted by atomic mass is 32.1. The zero-order chi connectivity index (χ0) is 12.1. The van der Waals surface area contributed by atoms with Gasteiger partial charge in [-0.2, -0.15) is 0 Å². The molecule has 0 spiro atoms. The number of thiol groups is 1. The van der Waals surface area contributed by atoms with Crippen LogP contribution in [0.4, 0.5) is 10.5 Å². The summed E-state index contributed by atoms with van der Waals surface area (Å²) in [5, 5.41) is 2.03. The van der Waals surface area contributed by atoms with Gasteiger partial charge in [-0.25, -0.2) is 0 Å². The lowest BCUT2D eigenvalue weighted by Gasteiger charge is -2.13. The molecular weight excluding hydrogens is 230 g/mol. The Labute approximate surface area is 99.1 Å². The van der Waals surface area contributed by atoms with Crippen molar-refractivity contribution in [2.24, 2.45) is 0 Å². The lowest BCUT2D eigenvalue weighted by atomic mass is 10.2. The minimum absolute atomic E-state index is 0.472. The highest BCUT2D eigenvalue weighted by Gasteiger charge is 2.12. The quantitative estimate of drug-likeness (QED) is 0.796. The van der Waals surface area contributed by atoms with Gasteiger partial charge in [-0.1, -0.05) is 12.6 Å². The summed E-state index contributed by atoms with van der Waals surface area (Å²) in [6, 6.07) is 3.23. The van der Waals surface area contributed by atoms with Crippen LogP contribution in [0.25, 0.3) is 0 Å². The Kier molecular flexibility index (Phi) is 4.30. The van der Waals surface area contributed by atoms with Crippen LogP contribution in [-0.4, -0.2) is 26.6 Å². The van der Waals surface area contributed by atoms with Crippen LogP contribution >= 0.6 is 12.6 Å². The number of methoxy groups -OCH3 is 3. The van der Waals surface area contributed by atoms with Gasteiger partial charge in [-0.15, -0.1) is 0 Å². The van der Waals surface area contributed by atoms with E-state index in [-0.39, 0.29) is 0 Å². The van der Waals surface area contributed by atoms with Gasteiger partial charge in [0.25, 0.3) is 5.24 Å². The topological polar surface area (TPSA) is 56.8 Å². The second-order valence-corrected chi connectivity index (χ2v) is 3.24. The molecule has 0 aliphatic carbocycles. The molecule has 1 aromatic rings. The summed E-state index contributed by atoms with van der Waals surface area (Å²) in [5.74, 6) is 1.50. The highest BCUT2D eigenvalue weighted by molar-refractivity contribution is 7.96. The summed E-state index contributed by atoms with van der Waals surface area (Å²) in [7, 11) is 4.53. The molecule has 0 aromatic heterocycles. The van der Waals surface area contributed by atoms with E-state index in [1.54, 1.807) is 12.1 Å². The molecule has 16 heavy (non-hydrogen) atoms. The average Bonchev–Trinajstić information content (AvgIpc) is 2.27. The smallest absolute Gasteiger partial charge is 0.280 e. The predicted molar refractivity (Wildman–Crippen MR) is 64.1 cm³/mol. The molecule has 1 aromatic carbocycles. The minimum atomic E-state index is -0.481. The Hall–Kier alpha value is -1.56. The number of hydrogen-bond acceptors (Lipinski definition) is 4. The van der Waals surface area contributed by atoms with Crippen molar-refractivity contribution in [1.82, 2.24) is 0 Å². The first-order valence-electron chi connectivity index (χ1n) is 4.42. The molecule has 0 heterocycles. The fourth-order valence-electron chi connectivity index (χ4n) is 1.24. The molecule has 88 valence electrons. The van der Waals surface area contributed by atoms with Crippen LogP contribution in [0.1, 0.15) is 0 Å². The predicted octanol–water partition coefficient (Wildman–Crippen LogP) is 2.17. The van der Waals surface area contributed by atoms with Crippen LogP contribution in [0.2, 0.25) is 0 Å². The monoisotopic (exact) mass is 243 g/mol. The van der Waals surface area contributed by atoms with Gasteiger partial charge in [-0.05, 0) is 0 Å². The number of rotatable bonds is 4. The summed E-state index contributed by atoms with van der Waals surface area (Å²) in [6.07, 6.45) is 0. The Bertz CT molecular complexity index is 395. The Balaban J connectivity index is 3.20. The summed E-state index contributed by atoms with van der Waals surface area (Å²) in [6.45, 7) is 0. The van der Waals surface area contributed by atoms with Crippen LogP contribution in [0.3, 0.4) is 0 Å². The van der Waals surface area contributed by atoms with Crippen molar-refractivity contribution in [3.63, 3.8) is 0 Å². The fourth-order valence-corrected chi connectivity index (χ4v) is 1.36. The molecule has 0 unspecified atom stereocenters. The normalized spacial score (nSPS) is 9.50. The first-order chi connectivity index (χ1) is 7.62. The molecular formula is C10H13NO4S. The standard InChI is InChI=1S/C10H13NO4S/c1-13-7-5-9(15-3)8(14-2)4-6(7)11-10(12)16/h4-5H,1-3H3,(H2,11,12,16). The zero-order valence-electron chi connectivity index (χ0n) is 9.23. The molecule has 0 radical (unpaired) electrons. The van der Waals surface area contributed by atoms with Gasteiger partial charge in [0.1, 0.15) is 5.75 Å². The first kappa shape index (κ1) is 12.5. The zero-order valence-corrected chi connectivity index (χ0v) is 10.1. The van der Waals surface area contributed by atoms with Crippen molar-refractivity contribution >= 4 is 23.6 Å². The molecule has 0 atom stereocenters. The largest absolute Gasteiger partial charge is 0.494 e. The lowest BCUT2D eigenvalue weighted by molar-refractivity contribution is 0.270. The average molecular weight is 243 g/mol. The van der Waals surface area contributed by atoms with E-state index >= 15 is 0 Å². The van der Waals surface area contributed by atoms with Crippen molar-refractivity contribution in [2.45, 2.75) is 0 Å². The molecule has 1 rings (SSSR count). The molecule has 0 aliphatic heterocycles. The number of benzene rings is 1. The van der Waals surface area contributed by atoms with E-state index in [2.05, 4.69) is 17.9 Å². The van der Waals surface area contributed by atoms with Gasteiger partial charge in [0, 0.05) is 12.1 Å². The summed E-state index contributed by atoms with van der Waals surface area (Å²) in [4.78, 5) is 10.9. The maximum atomic E-state index is 10.9. The fraction of sp³-hybridized carbons (Fsp3) is 0.300. The van der Waals surface area contributed by atoms with Gasteiger partial charge in [0.2, 0.25) is 0 Å². The second-order valence-electron chi connectivity index (χ2n) is 2.84. The van der Waals surface area contributed by atoms with Gasteiger partial charge >= 0.3 is 0 Å². The molecule has 0 aliphatic rings. The Morgan fingerprint density at radius 1 is 1.06 bits per heavy atom. The van der Waals surface area contributed by atoms with Crippen molar-refractivity contribution in [3.8, 4) is 17.2 Å². The molecule has 0 saturated heterocycles. The number of carbonyl (C=O) groups excluding carboxylic acids is 1. The van der Waals surface area contributed by atoms with Crippen LogP contribution in [0.5, 0.6) is 17.2 Å². The van der Waals surface area contributed by atoms with Gasteiger partial charge in [0.15, 0.2) is 11.5 Å². The summed E-state index contributed by atoms with van der Waals surface area (Å²) >= 11 is 3.63. The van der Waals surface area contributed by atoms with Crippen LogP contribution in [-0.2, 0) is 0 Å². The minimum Gasteiger partial charge on any atom is -0.494 e. The van der Waals surface area contributed by atoms with Crippen molar-refractivity contribution in [3.05, 3.63) is 12.1 Å². The van der Waals surface area contributed by atoms with Crippen LogP contribution in [0, 0.1) is 0 Å². The molecule has 1 N–H and O–H groups in total. The van der Waals surface area contributed by atoms with Crippen LogP contribution < -0.4 is 19.5 Å². The number of anilines is 1. The van der Waals surface area contributed by atoms with E-state index in [1.165, 1.54) is 21.3 Å². The number of hydrogen-bond donors (Lipinski definition) is 2. The molecule has 0 fully saturated rings. The molecule has 0 bridgehead atoms. The maximum absolute atomic E-state index is 10.9. The third-order valence-corrected chi connectivity index (χ3v) is 2.06. The Morgan fingerprint density at radius 3 is 2.00 bits per heavy atom. The number of amides is 1. The van der Waals surface area contributed by atoms with Gasteiger partial charge in [-0.3, -0.25) is 4.79 Å². The SMILES string of the molecule is COc1cc(OC)c(OC)cc1NC(=O)S. The highest BCUT2D eigenvalue weighted by Crippen LogP contribution is 2.37. The molecule has 0 saturated carbocycles. The van der Waals surface area contributed by atoms with Crippen molar-refractivity contribution in [1.29, 1.82) is 0 Å². The molecule has 6 heteroatoms. The van der Waals surface area contributed by atoms with E-state index in [1.807, 2.05) is 0 Å². The molecule has 5 nitrogen and oxygen atoms in total. The third-order valence-electron chi connectivity index (χ3n) is 1.95. The lowest BCUT2D eigenvalue weighted by Crippen LogP contribution is -2.04.